The zero-order valence-corrected chi connectivity index (χ0v) is 12.5. The largest absolute Gasteiger partial charge is 0.490 e. The molecule has 0 aliphatic rings. The minimum Gasteiger partial charge on any atom is -0.490 e. The molecule has 1 aromatic carbocycles. The number of halogens is 2. The summed E-state index contributed by atoms with van der Waals surface area (Å²) in [4.78, 5) is 22.4. The lowest BCUT2D eigenvalue weighted by molar-refractivity contribution is -0.385. The summed E-state index contributed by atoms with van der Waals surface area (Å²) in [6.07, 6.45) is 0. The van der Waals surface area contributed by atoms with E-state index >= 15 is 0 Å². The Morgan fingerprint density at radius 3 is 2.50 bits per heavy atom. The zero-order valence-electron chi connectivity index (χ0n) is 11.0. The molecule has 0 spiro atoms. The van der Waals surface area contributed by atoms with Crippen molar-refractivity contribution in [3.8, 4) is 5.75 Å². The molecule has 0 heterocycles. The average Bonchev–Trinajstić information content (AvgIpc) is 2.46. The van der Waals surface area contributed by atoms with Crippen LogP contribution in [0.4, 0.5) is 5.69 Å². The fourth-order valence-electron chi connectivity index (χ4n) is 1.42. The molecule has 110 valence electrons. The number of methoxy groups -OCH3 is 1. The monoisotopic (exact) mass is 320 g/mol. The van der Waals surface area contributed by atoms with E-state index in [0.717, 1.165) is 6.07 Å². The third kappa shape index (κ3) is 3.74. The Bertz CT molecular complexity index is 518. The predicted octanol–water partition coefficient (Wildman–Crippen LogP) is 2.57. The summed E-state index contributed by atoms with van der Waals surface area (Å²) in [6.45, 7) is 1.68. The molecule has 0 atom stereocenters. The van der Waals surface area contributed by atoms with E-state index < -0.39 is 16.4 Å². The summed E-state index contributed by atoms with van der Waals surface area (Å²) in [5.41, 5.74) is -0.924. The van der Waals surface area contributed by atoms with E-state index in [-0.39, 0.29) is 28.8 Å². The van der Waals surface area contributed by atoms with E-state index in [2.05, 4.69) is 5.32 Å². The first-order valence-electron chi connectivity index (χ1n) is 5.63. The second-order valence-corrected chi connectivity index (χ2v) is 4.96. The van der Waals surface area contributed by atoms with Crippen molar-refractivity contribution in [1.82, 2.24) is 5.32 Å². The normalized spacial score (nSPS) is 11.0. The fraction of sp³-hybridized carbons (Fsp3) is 0.417. The number of benzene rings is 1. The van der Waals surface area contributed by atoms with Gasteiger partial charge in [-0.25, -0.2) is 0 Å². The maximum absolute atomic E-state index is 12.1. The molecule has 0 aliphatic carbocycles. The number of nitro benzene ring substituents is 1. The first-order valence-corrected chi connectivity index (χ1v) is 6.70. The molecule has 6 nitrogen and oxygen atoms in total. The maximum atomic E-state index is 12.1. The van der Waals surface area contributed by atoms with Gasteiger partial charge in [0.15, 0.2) is 5.75 Å². The van der Waals surface area contributed by atoms with Gasteiger partial charge in [0.2, 0.25) is 0 Å². The van der Waals surface area contributed by atoms with Gasteiger partial charge in [-0.2, -0.15) is 0 Å². The highest BCUT2D eigenvalue weighted by atomic mass is 35.5. The molecule has 0 saturated carbocycles. The van der Waals surface area contributed by atoms with Crippen LogP contribution in [0.25, 0.3) is 0 Å². The van der Waals surface area contributed by atoms with Crippen molar-refractivity contribution >= 4 is 34.8 Å². The number of nitrogens with zero attached hydrogens (tertiary/aromatic N) is 1. The van der Waals surface area contributed by atoms with Crippen LogP contribution in [-0.4, -0.2) is 35.2 Å². The molecule has 0 unspecified atom stereocenters. The number of nitrogens with one attached hydrogen (secondary N) is 1. The lowest BCUT2D eigenvalue weighted by atomic mass is 10.1. The van der Waals surface area contributed by atoms with E-state index in [4.69, 9.17) is 27.9 Å². The number of ether oxygens (including phenoxy) is 1. The minimum absolute atomic E-state index is 0.0870. The van der Waals surface area contributed by atoms with Gasteiger partial charge in [-0.15, -0.1) is 23.2 Å². The van der Waals surface area contributed by atoms with Gasteiger partial charge in [-0.05, 0) is 19.1 Å². The molecule has 20 heavy (non-hydrogen) atoms. The number of carbonyl (C=O) groups is 1. The third-order valence-corrected chi connectivity index (χ3v) is 3.82. The van der Waals surface area contributed by atoms with Crippen molar-refractivity contribution in [2.45, 2.75) is 12.5 Å². The lowest BCUT2D eigenvalue weighted by Gasteiger charge is -2.25. The van der Waals surface area contributed by atoms with Crippen molar-refractivity contribution in [2.24, 2.45) is 0 Å². The Balaban J connectivity index is 3.06. The molecular formula is C12H14Cl2N2O4. The molecule has 0 radical (unpaired) electrons. The van der Waals surface area contributed by atoms with Crippen molar-refractivity contribution < 1.29 is 14.5 Å². The van der Waals surface area contributed by atoms with Crippen molar-refractivity contribution in [1.29, 1.82) is 0 Å². The highest BCUT2D eigenvalue weighted by Gasteiger charge is 2.26. The molecule has 0 bridgehead atoms. The van der Waals surface area contributed by atoms with E-state index in [1.165, 1.54) is 19.2 Å². The van der Waals surface area contributed by atoms with Crippen molar-refractivity contribution in [2.75, 3.05) is 18.9 Å². The summed E-state index contributed by atoms with van der Waals surface area (Å²) in [6, 6.07) is 3.95. The number of nitro groups is 1. The summed E-state index contributed by atoms with van der Waals surface area (Å²) in [5.74, 6) is -0.149. The fourth-order valence-corrected chi connectivity index (χ4v) is 1.84. The van der Waals surface area contributed by atoms with Crippen molar-refractivity contribution in [3.63, 3.8) is 0 Å². The quantitative estimate of drug-likeness (QED) is 0.496. The zero-order chi connectivity index (χ0) is 15.3. The Morgan fingerprint density at radius 1 is 1.45 bits per heavy atom. The molecule has 8 heteroatoms. The van der Waals surface area contributed by atoms with Gasteiger partial charge in [0, 0.05) is 23.4 Å². The molecule has 1 N–H and O–H groups in total. The van der Waals surface area contributed by atoms with E-state index in [9.17, 15) is 14.9 Å². The Hall–Kier alpha value is -1.53. The maximum Gasteiger partial charge on any atom is 0.311 e. The Kier molecular flexibility index (Phi) is 5.59. The van der Waals surface area contributed by atoms with Gasteiger partial charge >= 0.3 is 5.69 Å². The van der Waals surface area contributed by atoms with E-state index in [1.54, 1.807) is 6.92 Å². The Morgan fingerprint density at radius 2 is 2.05 bits per heavy atom. The molecule has 1 rings (SSSR count). The van der Waals surface area contributed by atoms with Gasteiger partial charge in [-0.3, -0.25) is 14.9 Å². The first-order chi connectivity index (χ1) is 9.36. The number of carbonyl (C=O) groups excluding carboxylic acids is 1. The summed E-state index contributed by atoms with van der Waals surface area (Å²) in [5, 5.41) is 13.6. The number of rotatable bonds is 6. The van der Waals surface area contributed by atoms with Crippen LogP contribution < -0.4 is 10.1 Å². The number of alkyl halides is 2. The van der Waals surface area contributed by atoms with Gasteiger partial charge in [0.25, 0.3) is 5.91 Å². The van der Waals surface area contributed by atoms with Gasteiger partial charge < -0.3 is 10.1 Å². The predicted molar refractivity (Wildman–Crippen MR) is 77.0 cm³/mol. The van der Waals surface area contributed by atoms with Crippen LogP contribution in [0, 0.1) is 10.1 Å². The number of amides is 1. The SMILES string of the molecule is COc1ccc(C(=O)NC(C)(CCl)CCl)cc1[N+](=O)[O-]. The lowest BCUT2D eigenvalue weighted by Crippen LogP contribution is -2.49. The standard InChI is InChI=1S/C12H14Cl2N2O4/c1-12(6-13,7-14)15-11(17)8-3-4-10(20-2)9(5-8)16(18)19/h3-5H,6-7H2,1-2H3,(H,15,17). The molecule has 1 aromatic rings. The van der Waals surface area contributed by atoms with Gasteiger partial charge in [-0.1, -0.05) is 0 Å². The molecular weight excluding hydrogens is 307 g/mol. The Labute approximate surface area is 126 Å². The molecule has 0 fully saturated rings. The van der Waals surface area contributed by atoms with Crippen molar-refractivity contribution in [3.05, 3.63) is 33.9 Å². The first kappa shape index (κ1) is 16.5. The summed E-state index contributed by atoms with van der Waals surface area (Å²) in [7, 11) is 1.32. The van der Waals surface area contributed by atoms with Crippen LogP contribution in [0.3, 0.4) is 0 Å². The van der Waals surface area contributed by atoms with Gasteiger partial charge in [0.1, 0.15) is 0 Å². The third-order valence-electron chi connectivity index (χ3n) is 2.64. The average molecular weight is 321 g/mol. The second-order valence-electron chi connectivity index (χ2n) is 4.43. The van der Waals surface area contributed by atoms with Crippen LogP contribution in [0.15, 0.2) is 18.2 Å². The minimum atomic E-state index is -0.783. The molecule has 0 aliphatic heterocycles. The smallest absolute Gasteiger partial charge is 0.311 e. The highest BCUT2D eigenvalue weighted by Crippen LogP contribution is 2.27. The second kappa shape index (κ2) is 6.76. The van der Waals surface area contributed by atoms with Crippen LogP contribution >= 0.6 is 23.2 Å². The van der Waals surface area contributed by atoms with E-state index in [0.29, 0.717) is 0 Å². The topological polar surface area (TPSA) is 81.5 Å². The number of hydrogen-bond donors (Lipinski definition) is 1. The molecule has 0 saturated heterocycles. The molecule has 1 amide bonds. The summed E-state index contributed by atoms with van der Waals surface area (Å²) < 4.78 is 4.87. The molecule has 0 aromatic heterocycles. The highest BCUT2D eigenvalue weighted by molar-refractivity contribution is 6.22. The van der Waals surface area contributed by atoms with Crippen LogP contribution in [0.5, 0.6) is 5.75 Å². The van der Waals surface area contributed by atoms with Gasteiger partial charge in [0.05, 0.1) is 17.6 Å². The number of hydrogen-bond acceptors (Lipinski definition) is 4. The van der Waals surface area contributed by atoms with Crippen LogP contribution in [-0.2, 0) is 0 Å². The van der Waals surface area contributed by atoms with Crippen LogP contribution in [0.1, 0.15) is 17.3 Å². The van der Waals surface area contributed by atoms with E-state index in [1.807, 2.05) is 0 Å². The van der Waals surface area contributed by atoms with Crippen LogP contribution in [0.2, 0.25) is 0 Å². The summed E-state index contributed by atoms with van der Waals surface area (Å²) >= 11 is 11.5.